The molecule has 302 valence electrons. The second-order valence-corrected chi connectivity index (χ2v) is 15.4. The number of carbonyl (C=O) groups is 3. The molecule has 6 rings (SSSR count). The minimum Gasteiger partial charge on any atom is -0.491 e. The van der Waals surface area contributed by atoms with Gasteiger partial charge in [0.1, 0.15) is 24.1 Å². The third kappa shape index (κ3) is 8.92. The minimum atomic E-state index is -1.01. The summed E-state index contributed by atoms with van der Waals surface area (Å²) in [6.45, 7) is 14.8. The van der Waals surface area contributed by atoms with Crippen molar-refractivity contribution in [2.24, 2.45) is 5.92 Å². The van der Waals surface area contributed by atoms with Crippen LogP contribution in [0.2, 0.25) is 0 Å². The number of aryl methyl sites for hydroxylation is 2. The van der Waals surface area contributed by atoms with Crippen molar-refractivity contribution < 1.29 is 33.7 Å². The molecule has 2 amide bonds. The molecule has 1 aromatic heterocycles. The summed E-state index contributed by atoms with van der Waals surface area (Å²) < 4.78 is 17.5. The first-order chi connectivity index (χ1) is 27.3. The van der Waals surface area contributed by atoms with Gasteiger partial charge in [-0.3, -0.25) is 14.4 Å². The fourth-order valence-electron chi connectivity index (χ4n) is 8.15. The Bertz CT molecular complexity index is 2170. The Morgan fingerprint density at radius 2 is 1.68 bits per heavy atom. The molecule has 3 heterocycles. The highest BCUT2D eigenvalue weighted by Gasteiger charge is 2.38. The van der Waals surface area contributed by atoms with Crippen LogP contribution in [-0.4, -0.2) is 84.9 Å². The maximum atomic E-state index is 14.3. The number of hydrogen-bond acceptors (Lipinski definition) is 8. The standard InChI is InChI=1S/C45H54N4O8/c1-8-48(35-15-17-55-18-16-35)39-23-34(22-37(30(39)6)43(51)47(7)41-28(4)21-29(5)46-42(41)50)32-11-9-31(10-12-32)26-56-19-20-57-36-14-13-33-25-49(44(52)38(33)24-36)40(27(2)3)45(53)54/h9-14,21-24,27,35,40H,8,15-20,25-26H2,1-7H3,(H,46,50)(H,53,54)/t40-/m0/s1. The number of pyridine rings is 1. The van der Waals surface area contributed by atoms with Crippen LogP contribution in [0.15, 0.2) is 65.5 Å². The third-order valence-electron chi connectivity index (χ3n) is 11.1. The fourth-order valence-corrected chi connectivity index (χ4v) is 8.15. The summed E-state index contributed by atoms with van der Waals surface area (Å²) in [6, 6.07) is 18.7. The van der Waals surface area contributed by atoms with E-state index in [4.69, 9.17) is 14.2 Å². The van der Waals surface area contributed by atoms with Gasteiger partial charge in [0.05, 0.1) is 13.2 Å². The third-order valence-corrected chi connectivity index (χ3v) is 11.1. The molecule has 0 bridgehead atoms. The van der Waals surface area contributed by atoms with Crippen molar-refractivity contribution in [3.8, 4) is 16.9 Å². The molecule has 0 radical (unpaired) electrons. The van der Waals surface area contributed by atoms with E-state index in [1.54, 1.807) is 33.0 Å². The Labute approximate surface area is 334 Å². The maximum absolute atomic E-state index is 14.3. The highest BCUT2D eigenvalue weighted by Crippen LogP contribution is 2.35. The number of aliphatic carboxylic acids is 1. The average molecular weight is 779 g/mol. The van der Waals surface area contributed by atoms with Crippen LogP contribution in [0.3, 0.4) is 0 Å². The Morgan fingerprint density at radius 3 is 2.33 bits per heavy atom. The average Bonchev–Trinajstić information content (AvgIpc) is 3.49. The Balaban J connectivity index is 1.15. The monoisotopic (exact) mass is 778 g/mol. The van der Waals surface area contributed by atoms with E-state index in [0.717, 1.165) is 64.1 Å². The topological polar surface area (TPSA) is 142 Å². The van der Waals surface area contributed by atoms with Crippen molar-refractivity contribution in [1.82, 2.24) is 9.88 Å². The van der Waals surface area contributed by atoms with Crippen LogP contribution in [0.25, 0.3) is 11.1 Å². The number of fused-ring (bicyclic) bond motifs is 1. The SMILES string of the molecule is CCN(c1cc(-c2ccc(COCCOc3ccc4c(c3)C(=O)N([C@H](C(=O)O)C(C)C)C4)cc2)cc(C(=O)N(C)c2c(C)cc(C)[nH]c2=O)c1C)C1CCOCC1. The number of benzene rings is 3. The first kappa shape index (κ1) is 41.2. The molecule has 12 heteroatoms. The summed E-state index contributed by atoms with van der Waals surface area (Å²) in [5.74, 6) is -1.27. The number of carboxylic acids is 1. The van der Waals surface area contributed by atoms with Crippen molar-refractivity contribution in [2.45, 2.75) is 79.6 Å². The molecule has 0 saturated carbocycles. The van der Waals surface area contributed by atoms with Gasteiger partial charge in [0.15, 0.2) is 0 Å². The molecular formula is C45H54N4O8. The number of carboxylic acid groups (broad SMARTS) is 1. The van der Waals surface area contributed by atoms with Gasteiger partial charge in [-0.25, -0.2) is 4.79 Å². The number of aromatic amines is 1. The number of rotatable bonds is 15. The van der Waals surface area contributed by atoms with Gasteiger partial charge >= 0.3 is 5.97 Å². The second kappa shape index (κ2) is 17.8. The molecule has 57 heavy (non-hydrogen) atoms. The van der Waals surface area contributed by atoms with E-state index in [2.05, 4.69) is 22.9 Å². The van der Waals surface area contributed by atoms with Crippen molar-refractivity contribution in [3.63, 3.8) is 0 Å². The van der Waals surface area contributed by atoms with E-state index in [1.165, 1.54) is 9.80 Å². The number of H-pyrrole nitrogens is 1. The molecule has 2 aliphatic rings. The van der Waals surface area contributed by atoms with Crippen LogP contribution in [0.4, 0.5) is 11.4 Å². The second-order valence-electron chi connectivity index (χ2n) is 15.4. The van der Waals surface area contributed by atoms with E-state index < -0.39 is 12.0 Å². The number of anilines is 2. The molecule has 4 aromatic rings. The summed E-state index contributed by atoms with van der Waals surface area (Å²) in [7, 11) is 1.66. The van der Waals surface area contributed by atoms with E-state index in [1.807, 2.05) is 63.2 Å². The highest BCUT2D eigenvalue weighted by atomic mass is 16.5. The van der Waals surface area contributed by atoms with Gasteiger partial charge in [-0.05, 0) is 110 Å². The lowest BCUT2D eigenvalue weighted by atomic mass is 9.94. The molecular weight excluding hydrogens is 725 g/mol. The maximum Gasteiger partial charge on any atom is 0.326 e. The summed E-state index contributed by atoms with van der Waals surface area (Å²) in [5, 5.41) is 9.70. The minimum absolute atomic E-state index is 0.224. The van der Waals surface area contributed by atoms with Crippen LogP contribution < -0.4 is 20.1 Å². The summed E-state index contributed by atoms with van der Waals surface area (Å²) in [4.78, 5) is 60.4. The van der Waals surface area contributed by atoms with Crippen LogP contribution in [0.1, 0.15) is 82.3 Å². The van der Waals surface area contributed by atoms with Crippen molar-refractivity contribution in [1.29, 1.82) is 0 Å². The summed E-state index contributed by atoms with van der Waals surface area (Å²) >= 11 is 0. The van der Waals surface area contributed by atoms with Crippen LogP contribution >= 0.6 is 0 Å². The first-order valence-corrected chi connectivity index (χ1v) is 19.7. The number of carbonyl (C=O) groups excluding carboxylic acids is 2. The van der Waals surface area contributed by atoms with Gasteiger partial charge in [0.25, 0.3) is 17.4 Å². The predicted octanol–water partition coefficient (Wildman–Crippen LogP) is 6.91. The lowest BCUT2D eigenvalue weighted by molar-refractivity contribution is -0.144. The normalized spacial score (nSPS) is 14.8. The van der Waals surface area contributed by atoms with Gasteiger partial charge < -0.3 is 39.0 Å². The molecule has 2 aliphatic heterocycles. The lowest BCUT2D eigenvalue weighted by Crippen LogP contribution is -2.44. The van der Waals surface area contributed by atoms with Crippen LogP contribution in [0, 0.1) is 26.7 Å². The number of amides is 2. The Hall–Kier alpha value is -5.46. The quantitative estimate of drug-likeness (QED) is 0.123. The Kier molecular flexibility index (Phi) is 12.8. The number of nitrogens with one attached hydrogen (secondary N) is 1. The number of aromatic nitrogens is 1. The lowest BCUT2D eigenvalue weighted by Gasteiger charge is -2.37. The zero-order chi connectivity index (χ0) is 41.0. The van der Waals surface area contributed by atoms with Gasteiger partial charge in [0, 0.05) is 61.9 Å². The van der Waals surface area contributed by atoms with Crippen molar-refractivity contribution in [2.75, 3.05) is 49.8 Å². The number of nitrogens with zero attached hydrogens (tertiary/aromatic N) is 3. The van der Waals surface area contributed by atoms with Gasteiger partial charge in [-0.2, -0.15) is 0 Å². The highest BCUT2D eigenvalue weighted by molar-refractivity contribution is 6.08. The van der Waals surface area contributed by atoms with E-state index in [0.29, 0.717) is 49.0 Å². The van der Waals surface area contributed by atoms with Gasteiger partial charge in [-0.15, -0.1) is 0 Å². The predicted molar refractivity (Wildman–Crippen MR) is 220 cm³/mol. The molecule has 0 spiro atoms. The number of ether oxygens (including phenoxy) is 3. The molecule has 12 nitrogen and oxygen atoms in total. The zero-order valence-electron chi connectivity index (χ0n) is 34.0. The van der Waals surface area contributed by atoms with E-state index >= 15 is 0 Å². The van der Waals surface area contributed by atoms with Crippen LogP contribution in [-0.2, 0) is 27.4 Å². The fraction of sp³-hybridized carbons (Fsp3) is 0.422. The zero-order valence-corrected chi connectivity index (χ0v) is 34.0. The van der Waals surface area contributed by atoms with Gasteiger partial charge in [0.2, 0.25) is 0 Å². The number of hydrogen-bond donors (Lipinski definition) is 2. The van der Waals surface area contributed by atoms with Crippen molar-refractivity contribution in [3.05, 3.63) is 110 Å². The summed E-state index contributed by atoms with van der Waals surface area (Å²) in [5.41, 5.74) is 7.94. The largest absolute Gasteiger partial charge is 0.491 e. The van der Waals surface area contributed by atoms with Gasteiger partial charge in [-0.1, -0.05) is 44.2 Å². The molecule has 0 aliphatic carbocycles. The molecule has 1 atom stereocenters. The molecule has 1 fully saturated rings. The molecule has 1 saturated heterocycles. The van der Waals surface area contributed by atoms with Crippen LogP contribution in [0.5, 0.6) is 5.75 Å². The Morgan fingerprint density at radius 1 is 0.965 bits per heavy atom. The van der Waals surface area contributed by atoms with Crippen molar-refractivity contribution >= 4 is 29.2 Å². The van der Waals surface area contributed by atoms with E-state index in [-0.39, 0.29) is 42.5 Å². The summed E-state index contributed by atoms with van der Waals surface area (Å²) in [6.07, 6.45) is 1.80. The molecule has 2 N–H and O–H groups in total. The molecule has 3 aromatic carbocycles. The van der Waals surface area contributed by atoms with E-state index in [9.17, 15) is 24.3 Å². The first-order valence-electron chi connectivity index (χ1n) is 19.7. The molecule has 0 unspecified atom stereocenters. The smallest absolute Gasteiger partial charge is 0.326 e.